The maximum absolute atomic E-state index is 12.8. The Morgan fingerprint density at radius 3 is 2.72 bits per heavy atom. The van der Waals surface area contributed by atoms with E-state index in [1.54, 1.807) is 42.9 Å². The van der Waals surface area contributed by atoms with Crippen molar-refractivity contribution in [3.8, 4) is 11.3 Å². The van der Waals surface area contributed by atoms with Crippen molar-refractivity contribution in [3.63, 3.8) is 0 Å². The van der Waals surface area contributed by atoms with Gasteiger partial charge in [0.05, 0.1) is 34.8 Å². The number of aromatic nitrogens is 3. The van der Waals surface area contributed by atoms with E-state index in [4.69, 9.17) is 11.6 Å². The molecule has 2 aromatic heterocycles. The zero-order valence-electron chi connectivity index (χ0n) is 17.5. The molecular formula is C22H24ClF2N5O2. The summed E-state index contributed by atoms with van der Waals surface area (Å²) in [5.41, 5.74) is 1.97. The maximum atomic E-state index is 12.8. The summed E-state index contributed by atoms with van der Waals surface area (Å²) in [7, 11) is 0. The van der Waals surface area contributed by atoms with Crippen LogP contribution in [0, 0.1) is 0 Å². The molecule has 1 aromatic carbocycles. The molecule has 1 unspecified atom stereocenters. The van der Waals surface area contributed by atoms with Crippen LogP contribution in [0.3, 0.4) is 0 Å². The molecule has 170 valence electrons. The van der Waals surface area contributed by atoms with Gasteiger partial charge in [-0.2, -0.15) is 0 Å². The van der Waals surface area contributed by atoms with Gasteiger partial charge in [0.25, 0.3) is 12.3 Å². The van der Waals surface area contributed by atoms with Crippen LogP contribution in [0.2, 0.25) is 5.02 Å². The molecule has 0 aliphatic heterocycles. The highest BCUT2D eigenvalue weighted by atomic mass is 35.5. The number of amides is 1. The smallest absolute Gasteiger partial charge is 0.255 e. The summed E-state index contributed by atoms with van der Waals surface area (Å²) in [5, 5.41) is 12.9. The van der Waals surface area contributed by atoms with Crippen LogP contribution in [0.4, 0.5) is 14.5 Å². The van der Waals surface area contributed by atoms with E-state index in [-0.39, 0.29) is 10.9 Å². The number of hydrogen-bond acceptors (Lipinski definition) is 5. The fraction of sp³-hybridized carbons (Fsp3) is 0.318. The van der Waals surface area contributed by atoms with Gasteiger partial charge in [-0.1, -0.05) is 17.7 Å². The van der Waals surface area contributed by atoms with Crippen LogP contribution in [0.25, 0.3) is 11.3 Å². The lowest BCUT2D eigenvalue weighted by Gasteiger charge is -2.28. The van der Waals surface area contributed by atoms with Crippen LogP contribution < -0.4 is 10.2 Å². The van der Waals surface area contributed by atoms with Gasteiger partial charge in [0.15, 0.2) is 0 Å². The Morgan fingerprint density at radius 1 is 1.31 bits per heavy atom. The summed E-state index contributed by atoms with van der Waals surface area (Å²) in [6.45, 7) is 2.04. The highest BCUT2D eigenvalue weighted by molar-refractivity contribution is 6.33. The van der Waals surface area contributed by atoms with E-state index in [0.29, 0.717) is 29.1 Å². The molecule has 2 heterocycles. The first-order chi connectivity index (χ1) is 15.3. The van der Waals surface area contributed by atoms with Gasteiger partial charge >= 0.3 is 0 Å². The van der Waals surface area contributed by atoms with Crippen molar-refractivity contribution in [2.75, 3.05) is 18.0 Å². The van der Waals surface area contributed by atoms with E-state index in [1.807, 2.05) is 10.8 Å². The predicted molar refractivity (Wildman–Crippen MR) is 119 cm³/mol. The molecule has 1 amide bonds. The molecule has 1 atom stereocenters. The first-order valence-corrected chi connectivity index (χ1v) is 10.5. The van der Waals surface area contributed by atoms with Crippen LogP contribution in [0.15, 0.2) is 55.2 Å². The molecule has 0 saturated carbocycles. The second-order valence-corrected chi connectivity index (χ2v) is 7.59. The molecule has 2 N–H and O–H groups in total. The number of alkyl halides is 2. The molecule has 32 heavy (non-hydrogen) atoms. The number of hydrogen-bond donors (Lipinski definition) is 2. The Labute approximate surface area is 189 Å². The Balaban J connectivity index is 1.62. The van der Waals surface area contributed by atoms with Crippen molar-refractivity contribution < 1.29 is 18.7 Å². The van der Waals surface area contributed by atoms with Gasteiger partial charge in [-0.25, -0.2) is 13.8 Å². The number of nitrogens with zero attached hydrogens (tertiary/aromatic N) is 4. The molecule has 0 aliphatic carbocycles. The van der Waals surface area contributed by atoms with E-state index >= 15 is 0 Å². The van der Waals surface area contributed by atoms with Crippen molar-refractivity contribution in [2.45, 2.75) is 32.5 Å². The second-order valence-electron chi connectivity index (χ2n) is 7.18. The quantitative estimate of drug-likeness (QED) is 0.353. The first-order valence-electron chi connectivity index (χ1n) is 10.1. The number of aliphatic hydroxyl groups is 1. The summed E-state index contributed by atoms with van der Waals surface area (Å²) >= 11 is 6.30. The Morgan fingerprint density at radius 2 is 2.12 bits per heavy atom. The molecule has 0 radical (unpaired) electrons. The van der Waals surface area contributed by atoms with Crippen molar-refractivity contribution in [3.05, 3.63) is 65.8 Å². The topological polar surface area (TPSA) is 83.3 Å². The van der Waals surface area contributed by atoms with E-state index < -0.39 is 19.2 Å². The summed E-state index contributed by atoms with van der Waals surface area (Å²) in [6, 6.07) is 8.19. The monoisotopic (exact) mass is 463 g/mol. The van der Waals surface area contributed by atoms with Gasteiger partial charge in [0.1, 0.15) is 6.23 Å². The lowest BCUT2D eigenvalue weighted by atomic mass is 10.1. The lowest BCUT2D eigenvalue weighted by molar-refractivity contribution is 0.0952. The van der Waals surface area contributed by atoms with Crippen molar-refractivity contribution in [2.24, 2.45) is 0 Å². The van der Waals surface area contributed by atoms with Gasteiger partial charge in [-0.3, -0.25) is 9.78 Å². The Kier molecular flexibility index (Phi) is 8.13. The zero-order chi connectivity index (χ0) is 23.1. The molecule has 0 fully saturated rings. The standard InChI is InChI=1S/C22H24ClF2N5O2/c1-15(31)30(13-21(24)25)20-6-4-16(11-18(20)23)19-5-3-17(12-28-19)22(32)27-7-2-9-29-10-8-26-14-29/h3-6,8,10-12,14-15,21,31H,2,7,9,13H2,1H3,(H,27,32). The highest BCUT2D eigenvalue weighted by Crippen LogP contribution is 2.32. The number of rotatable bonds is 10. The van der Waals surface area contributed by atoms with E-state index in [9.17, 15) is 18.7 Å². The van der Waals surface area contributed by atoms with Crippen molar-refractivity contribution in [1.82, 2.24) is 19.9 Å². The van der Waals surface area contributed by atoms with Gasteiger partial charge in [-0.15, -0.1) is 0 Å². The number of aliphatic hydroxyl groups excluding tert-OH is 1. The number of halogens is 3. The fourth-order valence-electron chi connectivity index (χ4n) is 3.18. The van der Waals surface area contributed by atoms with Crippen LogP contribution in [0.5, 0.6) is 0 Å². The third-order valence-corrected chi connectivity index (χ3v) is 5.10. The summed E-state index contributed by atoms with van der Waals surface area (Å²) < 4.78 is 27.6. The first kappa shape index (κ1) is 23.6. The molecule has 0 bridgehead atoms. The normalized spacial score (nSPS) is 12.1. The number of imidazole rings is 1. The molecule has 10 heteroatoms. The average molecular weight is 464 g/mol. The molecule has 3 aromatic rings. The molecule has 3 rings (SSSR count). The van der Waals surface area contributed by atoms with Gasteiger partial charge < -0.3 is 19.9 Å². The van der Waals surface area contributed by atoms with Gasteiger partial charge in [0, 0.05) is 37.2 Å². The zero-order valence-corrected chi connectivity index (χ0v) is 18.2. The number of aryl methyl sites for hydroxylation is 1. The minimum Gasteiger partial charge on any atom is -0.374 e. The molecule has 7 nitrogen and oxygen atoms in total. The Bertz CT molecular complexity index is 1010. The van der Waals surface area contributed by atoms with Crippen LogP contribution in [0.1, 0.15) is 23.7 Å². The Hall–Kier alpha value is -3.04. The second kappa shape index (κ2) is 11.0. The number of nitrogens with one attached hydrogen (secondary N) is 1. The summed E-state index contributed by atoms with van der Waals surface area (Å²) in [5.74, 6) is -0.220. The van der Waals surface area contributed by atoms with Crippen LogP contribution in [-0.2, 0) is 6.54 Å². The fourth-order valence-corrected chi connectivity index (χ4v) is 3.47. The van der Waals surface area contributed by atoms with Crippen LogP contribution >= 0.6 is 11.6 Å². The molecular weight excluding hydrogens is 440 g/mol. The SMILES string of the molecule is CC(O)N(CC(F)F)c1ccc(-c2ccc(C(=O)NCCCn3ccnc3)cn2)cc1Cl. The van der Waals surface area contributed by atoms with Crippen molar-refractivity contribution in [1.29, 1.82) is 0 Å². The lowest BCUT2D eigenvalue weighted by Crippen LogP contribution is -2.36. The molecule has 0 saturated heterocycles. The van der Waals surface area contributed by atoms with Crippen molar-refractivity contribution >= 4 is 23.2 Å². The van der Waals surface area contributed by atoms with E-state index in [0.717, 1.165) is 17.9 Å². The minimum atomic E-state index is -2.62. The summed E-state index contributed by atoms with van der Waals surface area (Å²) in [6.07, 6.45) is 3.80. The summed E-state index contributed by atoms with van der Waals surface area (Å²) in [4.78, 5) is 21.7. The predicted octanol–water partition coefficient (Wildman–Crippen LogP) is 3.83. The van der Waals surface area contributed by atoms with Gasteiger partial charge in [0.2, 0.25) is 0 Å². The number of benzene rings is 1. The van der Waals surface area contributed by atoms with Crippen LogP contribution in [-0.4, -0.2) is 51.3 Å². The third-order valence-electron chi connectivity index (χ3n) is 4.80. The molecule has 0 aliphatic rings. The highest BCUT2D eigenvalue weighted by Gasteiger charge is 2.20. The minimum absolute atomic E-state index is 0.213. The van der Waals surface area contributed by atoms with E-state index in [1.165, 1.54) is 13.1 Å². The third kappa shape index (κ3) is 6.24. The molecule has 0 spiro atoms. The number of carbonyl (C=O) groups excluding carboxylic acids is 1. The average Bonchev–Trinajstić information content (AvgIpc) is 3.28. The van der Waals surface area contributed by atoms with E-state index in [2.05, 4.69) is 15.3 Å². The maximum Gasteiger partial charge on any atom is 0.255 e. The van der Waals surface area contributed by atoms with Gasteiger partial charge in [-0.05, 0) is 37.6 Å². The number of anilines is 1. The number of carbonyl (C=O) groups is 1. The number of pyridine rings is 1. The largest absolute Gasteiger partial charge is 0.374 e.